The van der Waals surface area contributed by atoms with E-state index in [4.69, 9.17) is 0 Å². The zero-order valence-corrected chi connectivity index (χ0v) is 14.8. The van der Waals surface area contributed by atoms with Gasteiger partial charge in [0.1, 0.15) is 0 Å². The Hall–Kier alpha value is -0.540. The predicted octanol–water partition coefficient (Wildman–Crippen LogP) is 4.57. The Bertz CT molecular complexity index is 451. The third-order valence-corrected chi connectivity index (χ3v) is 4.35. The molecule has 3 heteroatoms. The summed E-state index contributed by atoms with van der Waals surface area (Å²) in [5, 5.41) is 3.61. The van der Waals surface area contributed by atoms with Crippen LogP contribution in [0.15, 0.2) is 22.7 Å². The summed E-state index contributed by atoms with van der Waals surface area (Å²) < 4.78 is 1.17. The molecule has 1 heterocycles. The molecule has 20 heavy (non-hydrogen) atoms. The third-order valence-electron chi connectivity index (χ3n) is 3.85. The molecule has 2 nitrogen and oxygen atoms in total. The number of hydrogen-bond acceptors (Lipinski definition) is 2. The highest BCUT2D eigenvalue weighted by atomic mass is 79.9. The summed E-state index contributed by atoms with van der Waals surface area (Å²) in [4.78, 5) is 2.55. The number of hydrogen-bond donors (Lipinski definition) is 1. The van der Waals surface area contributed by atoms with Gasteiger partial charge in [0.05, 0.1) is 0 Å². The number of nitrogens with zero attached hydrogens (tertiary/aromatic N) is 1. The van der Waals surface area contributed by atoms with Crippen LogP contribution in [0, 0.1) is 5.92 Å². The molecule has 112 valence electrons. The van der Waals surface area contributed by atoms with Gasteiger partial charge in [0.15, 0.2) is 0 Å². The van der Waals surface area contributed by atoms with Crippen molar-refractivity contribution in [1.82, 2.24) is 5.32 Å². The fourth-order valence-corrected chi connectivity index (χ4v) is 3.10. The third kappa shape index (κ3) is 4.49. The monoisotopic (exact) mass is 338 g/mol. The average Bonchev–Trinajstić information content (AvgIpc) is 2.36. The van der Waals surface area contributed by atoms with Gasteiger partial charge in [0.2, 0.25) is 0 Å². The van der Waals surface area contributed by atoms with E-state index in [2.05, 4.69) is 72.0 Å². The topological polar surface area (TPSA) is 15.3 Å². The smallest absolute Gasteiger partial charge is 0.0423 e. The fraction of sp³-hybridized carbons (Fsp3) is 0.647. The van der Waals surface area contributed by atoms with Gasteiger partial charge >= 0.3 is 0 Å². The average molecular weight is 339 g/mol. The van der Waals surface area contributed by atoms with Crippen LogP contribution in [0.1, 0.15) is 46.1 Å². The van der Waals surface area contributed by atoms with E-state index in [-0.39, 0.29) is 5.54 Å². The highest BCUT2D eigenvalue weighted by molar-refractivity contribution is 9.10. The van der Waals surface area contributed by atoms with Crippen molar-refractivity contribution in [3.05, 3.63) is 28.2 Å². The summed E-state index contributed by atoms with van der Waals surface area (Å²) >= 11 is 3.62. The van der Waals surface area contributed by atoms with E-state index in [1.54, 1.807) is 0 Å². The molecule has 1 unspecified atom stereocenters. The van der Waals surface area contributed by atoms with Crippen LogP contribution >= 0.6 is 15.9 Å². The van der Waals surface area contributed by atoms with E-state index in [1.165, 1.54) is 41.7 Å². The second-order valence-electron chi connectivity index (χ2n) is 7.07. The lowest BCUT2D eigenvalue weighted by molar-refractivity contribution is 0.421. The van der Waals surface area contributed by atoms with Crippen LogP contribution in [0.2, 0.25) is 0 Å². The molecule has 1 aromatic rings. The predicted molar refractivity (Wildman–Crippen MR) is 91.3 cm³/mol. The van der Waals surface area contributed by atoms with Gasteiger partial charge in [-0.3, -0.25) is 0 Å². The van der Waals surface area contributed by atoms with Crippen LogP contribution < -0.4 is 10.2 Å². The van der Waals surface area contributed by atoms with Gasteiger partial charge in [-0.2, -0.15) is 0 Å². The van der Waals surface area contributed by atoms with Crippen LogP contribution in [0.4, 0.5) is 5.69 Å². The zero-order valence-electron chi connectivity index (χ0n) is 13.2. The van der Waals surface area contributed by atoms with Crippen LogP contribution in [0.3, 0.4) is 0 Å². The first kappa shape index (κ1) is 15.8. The first-order chi connectivity index (χ1) is 9.35. The summed E-state index contributed by atoms with van der Waals surface area (Å²) in [5.41, 5.74) is 2.94. The minimum Gasteiger partial charge on any atom is -0.371 e. The molecule has 1 N–H and O–H groups in total. The minimum absolute atomic E-state index is 0.152. The minimum atomic E-state index is 0.152. The second kappa shape index (κ2) is 6.48. The lowest BCUT2D eigenvalue weighted by atomic mass is 9.98. The SMILES string of the molecule is CC1CCCN(c2cc(Br)ccc2CNC(C)(C)C)C1. The molecule has 0 saturated carbocycles. The molecule has 0 bridgehead atoms. The molecule has 0 spiro atoms. The molecule has 0 aromatic heterocycles. The quantitative estimate of drug-likeness (QED) is 0.868. The van der Waals surface area contributed by atoms with Crippen LogP contribution in [0.25, 0.3) is 0 Å². The Morgan fingerprint density at radius 2 is 2.10 bits per heavy atom. The maximum absolute atomic E-state index is 3.62. The van der Waals surface area contributed by atoms with E-state index in [1.807, 2.05) is 0 Å². The summed E-state index contributed by atoms with van der Waals surface area (Å²) in [7, 11) is 0. The number of piperidine rings is 1. The maximum atomic E-state index is 3.62. The standard InChI is InChI=1S/C17H27BrN2/c1-13-6-5-9-20(12-13)16-10-15(18)8-7-14(16)11-19-17(2,3)4/h7-8,10,13,19H,5-6,9,11-12H2,1-4H3. The number of nitrogens with one attached hydrogen (secondary N) is 1. The van der Waals surface area contributed by atoms with Crippen molar-refractivity contribution in [2.24, 2.45) is 5.92 Å². The van der Waals surface area contributed by atoms with E-state index >= 15 is 0 Å². The Balaban J connectivity index is 2.19. The molecule has 1 atom stereocenters. The second-order valence-corrected chi connectivity index (χ2v) is 7.99. The first-order valence-electron chi connectivity index (χ1n) is 7.63. The van der Waals surface area contributed by atoms with Gasteiger partial charge in [-0.25, -0.2) is 0 Å². The molecule has 0 radical (unpaired) electrons. The van der Waals surface area contributed by atoms with Crippen LogP contribution in [-0.4, -0.2) is 18.6 Å². The van der Waals surface area contributed by atoms with E-state index in [0.717, 1.165) is 12.5 Å². The number of benzene rings is 1. The molecular weight excluding hydrogens is 312 g/mol. The largest absolute Gasteiger partial charge is 0.371 e. The highest BCUT2D eigenvalue weighted by Crippen LogP contribution is 2.29. The first-order valence-corrected chi connectivity index (χ1v) is 8.43. The number of anilines is 1. The normalized spacial score (nSPS) is 20.2. The highest BCUT2D eigenvalue weighted by Gasteiger charge is 2.19. The van der Waals surface area contributed by atoms with Crippen molar-refractivity contribution in [2.75, 3.05) is 18.0 Å². The van der Waals surface area contributed by atoms with Gasteiger partial charge in [-0.05, 0) is 57.2 Å². The maximum Gasteiger partial charge on any atom is 0.0423 e. The molecule has 0 aliphatic carbocycles. The molecule has 1 saturated heterocycles. The summed E-state index contributed by atoms with van der Waals surface area (Å²) in [6.45, 7) is 12.3. The molecular formula is C17H27BrN2. The zero-order chi connectivity index (χ0) is 14.8. The molecule has 1 aromatic carbocycles. The van der Waals surface area contributed by atoms with E-state index in [0.29, 0.717) is 0 Å². The summed E-state index contributed by atoms with van der Waals surface area (Å²) in [5.74, 6) is 0.797. The van der Waals surface area contributed by atoms with E-state index in [9.17, 15) is 0 Å². The molecule has 0 amide bonds. The van der Waals surface area contributed by atoms with Gasteiger partial charge < -0.3 is 10.2 Å². The van der Waals surface area contributed by atoms with Crippen molar-refractivity contribution in [1.29, 1.82) is 0 Å². The van der Waals surface area contributed by atoms with Gasteiger partial charge in [-0.1, -0.05) is 28.9 Å². The molecule has 1 aliphatic rings. The lowest BCUT2D eigenvalue weighted by Gasteiger charge is -2.34. The Kier molecular flexibility index (Phi) is 5.14. The molecule has 1 aliphatic heterocycles. The van der Waals surface area contributed by atoms with Gasteiger partial charge in [0.25, 0.3) is 0 Å². The van der Waals surface area contributed by atoms with E-state index < -0.39 is 0 Å². The summed E-state index contributed by atoms with van der Waals surface area (Å²) in [6, 6.07) is 6.67. The van der Waals surface area contributed by atoms with Crippen molar-refractivity contribution in [2.45, 2.75) is 52.6 Å². The Labute approximate surface area is 132 Å². The number of rotatable bonds is 3. The Morgan fingerprint density at radius 1 is 1.35 bits per heavy atom. The number of halogens is 1. The van der Waals surface area contributed by atoms with Crippen molar-refractivity contribution in [3.63, 3.8) is 0 Å². The lowest BCUT2D eigenvalue weighted by Crippen LogP contribution is -2.37. The van der Waals surface area contributed by atoms with Crippen molar-refractivity contribution >= 4 is 21.6 Å². The fourth-order valence-electron chi connectivity index (χ4n) is 2.75. The van der Waals surface area contributed by atoms with Crippen molar-refractivity contribution < 1.29 is 0 Å². The Morgan fingerprint density at radius 3 is 2.75 bits per heavy atom. The van der Waals surface area contributed by atoms with Crippen molar-refractivity contribution in [3.8, 4) is 0 Å². The summed E-state index contributed by atoms with van der Waals surface area (Å²) in [6.07, 6.45) is 2.67. The van der Waals surface area contributed by atoms with Crippen LogP contribution in [0.5, 0.6) is 0 Å². The van der Waals surface area contributed by atoms with Gasteiger partial charge in [0, 0.05) is 35.3 Å². The molecule has 1 fully saturated rings. The van der Waals surface area contributed by atoms with Crippen LogP contribution in [-0.2, 0) is 6.54 Å². The molecule has 2 rings (SSSR count). The van der Waals surface area contributed by atoms with Gasteiger partial charge in [-0.15, -0.1) is 0 Å².